The zero-order chi connectivity index (χ0) is 18.4. The van der Waals surface area contributed by atoms with Crippen LogP contribution in [0.2, 0.25) is 0 Å². The molecule has 0 unspecified atom stereocenters. The van der Waals surface area contributed by atoms with Gasteiger partial charge >= 0.3 is 0 Å². The van der Waals surface area contributed by atoms with Crippen molar-refractivity contribution in [2.45, 2.75) is 19.4 Å². The van der Waals surface area contributed by atoms with Crippen LogP contribution in [0.25, 0.3) is 0 Å². The molecule has 0 aliphatic carbocycles. The molecule has 26 heavy (non-hydrogen) atoms. The summed E-state index contributed by atoms with van der Waals surface area (Å²) in [5.74, 6) is -0.641. The molecule has 0 radical (unpaired) electrons. The SMILES string of the molecule is C[C@H](NC(=O)c1ccoc1)C(=O)Nc1ccc(Cc2ccncc2)cc1. The van der Waals surface area contributed by atoms with Crippen LogP contribution in [0.3, 0.4) is 0 Å². The highest BCUT2D eigenvalue weighted by atomic mass is 16.3. The highest BCUT2D eigenvalue weighted by molar-refractivity contribution is 6.00. The van der Waals surface area contributed by atoms with Crippen molar-refractivity contribution in [3.63, 3.8) is 0 Å². The molecule has 0 saturated carbocycles. The number of hydrogen-bond donors (Lipinski definition) is 2. The van der Waals surface area contributed by atoms with E-state index in [1.54, 1.807) is 25.4 Å². The van der Waals surface area contributed by atoms with Gasteiger partial charge in [0.15, 0.2) is 0 Å². The second-order valence-corrected chi connectivity index (χ2v) is 5.93. The van der Waals surface area contributed by atoms with Crippen LogP contribution in [0.15, 0.2) is 71.8 Å². The molecular formula is C20H19N3O3. The molecule has 1 atom stereocenters. The van der Waals surface area contributed by atoms with Gasteiger partial charge in [-0.15, -0.1) is 0 Å². The van der Waals surface area contributed by atoms with Crippen LogP contribution in [0, 0.1) is 0 Å². The van der Waals surface area contributed by atoms with Gasteiger partial charge in [-0.3, -0.25) is 14.6 Å². The first kappa shape index (κ1) is 17.4. The van der Waals surface area contributed by atoms with E-state index in [4.69, 9.17) is 4.42 Å². The third-order valence-electron chi connectivity index (χ3n) is 3.90. The van der Waals surface area contributed by atoms with Crippen molar-refractivity contribution in [3.05, 3.63) is 84.1 Å². The lowest BCUT2D eigenvalue weighted by molar-refractivity contribution is -0.117. The normalized spacial score (nSPS) is 11.6. The summed E-state index contributed by atoms with van der Waals surface area (Å²) in [5.41, 5.74) is 3.37. The lowest BCUT2D eigenvalue weighted by Gasteiger charge is -2.14. The number of hydrogen-bond acceptors (Lipinski definition) is 4. The molecule has 0 fully saturated rings. The van der Waals surface area contributed by atoms with Gasteiger partial charge in [-0.2, -0.15) is 0 Å². The Labute approximate surface area is 151 Å². The fourth-order valence-corrected chi connectivity index (χ4v) is 2.43. The minimum Gasteiger partial charge on any atom is -0.472 e. The van der Waals surface area contributed by atoms with E-state index in [1.807, 2.05) is 36.4 Å². The molecular weight excluding hydrogens is 330 g/mol. The van der Waals surface area contributed by atoms with Crippen LogP contribution >= 0.6 is 0 Å². The second kappa shape index (κ2) is 8.11. The Bertz CT molecular complexity index is 859. The molecule has 6 heteroatoms. The summed E-state index contributed by atoms with van der Waals surface area (Å²) in [6.07, 6.45) is 7.08. The minimum absolute atomic E-state index is 0.288. The van der Waals surface area contributed by atoms with Gasteiger partial charge in [0.25, 0.3) is 5.91 Å². The average molecular weight is 349 g/mol. The van der Waals surface area contributed by atoms with Crippen molar-refractivity contribution >= 4 is 17.5 Å². The molecule has 0 aliphatic heterocycles. The maximum atomic E-state index is 12.2. The summed E-state index contributed by atoms with van der Waals surface area (Å²) < 4.78 is 4.86. The molecule has 2 aromatic heterocycles. The molecule has 0 bridgehead atoms. The topological polar surface area (TPSA) is 84.2 Å². The summed E-state index contributed by atoms with van der Waals surface area (Å²) in [6.45, 7) is 1.63. The minimum atomic E-state index is -0.672. The lowest BCUT2D eigenvalue weighted by atomic mass is 10.1. The van der Waals surface area contributed by atoms with Crippen molar-refractivity contribution < 1.29 is 14.0 Å². The molecule has 2 heterocycles. The van der Waals surface area contributed by atoms with E-state index in [0.29, 0.717) is 11.3 Å². The van der Waals surface area contributed by atoms with Crippen LogP contribution in [-0.4, -0.2) is 22.8 Å². The number of carbonyl (C=O) groups excluding carboxylic acids is 2. The maximum absolute atomic E-state index is 12.2. The largest absolute Gasteiger partial charge is 0.472 e. The average Bonchev–Trinajstić information content (AvgIpc) is 3.19. The standard InChI is InChI=1S/C20H19N3O3/c1-14(22-20(25)17-8-11-26-13-17)19(24)23-18-4-2-15(3-5-18)12-16-6-9-21-10-7-16/h2-11,13-14H,12H2,1H3,(H,22,25)(H,23,24)/t14-/m0/s1. The molecule has 0 saturated heterocycles. The van der Waals surface area contributed by atoms with Crippen LogP contribution in [0.4, 0.5) is 5.69 Å². The van der Waals surface area contributed by atoms with Crippen LogP contribution in [0.1, 0.15) is 28.4 Å². The molecule has 132 valence electrons. The quantitative estimate of drug-likeness (QED) is 0.716. The van der Waals surface area contributed by atoms with Gasteiger partial charge in [0.1, 0.15) is 12.3 Å². The fourth-order valence-electron chi connectivity index (χ4n) is 2.43. The molecule has 6 nitrogen and oxygen atoms in total. The number of nitrogens with zero attached hydrogens (tertiary/aromatic N) is 1. The van der Waals surface area contributed by atoms with Gasteiger partial charge in [-0.05, 0) is 54.8 Å². The fraction of sp³-hybridized carbons (Fsp3) is 0.150. The van der Waals surface area contributed by atoms with Crippen molar-refractivity contribution in [1.82, 2.24) is 10.3 Å². The van der Waals surface area contributed by atoms with Gasteiger partial charge in [0.05, 0.1) is 11.8 Å². The summed E-state index contributed by atoms with van der Waals surface area (Å²) in [4.78, 5) is 28.2. The summed E-state index contributed by atoms with van der Waals surface area (Å²) >= 11 is 0. The Hall–Kier alpha value is -3.41. The Morgan fingerprint density at radius 1 is 1.04 bits per heavy atom. The van der Waals surface area contributed by atoms with E-state index in [2.05, 4.69) is 15.6 Å². The van der Waals surface area contributed by atoms with Crippen molar-refractivity contribution in [2.75, 3.05) is 5.32 Å². The van der Waals surface area contributed by atoms with E-state index in [0.717, 1.165) is 12.0 Å². The number of pyridine rings is 1. The Balaban J connectivity index is 1.54. The second-order valence-electron chi connectivity index (χ2n) is 5.93. The first-order valence-electron chi connectivity index (χ1n) is 8.23. The smallest absolute Gasteiger partial charge is 0.255 e. The highest BCUT2D eigenvalue weighted by Crippen LogP contribution is 2.13. The number of amides is 2. The molecule has 0 spiro atoms. The van der Waals surface area contributed by atoms with Gasteiger partial charge in [-0.25, -0.2) is 0 Å². The van der Waals surface area contributed by atoms with E-state index < -0.39 is 6.04 Å². The number of nitrogens with one attached hydrogen (secondary N) is 2. The molecule has 3 rings (SSSR count). The third-order valence-corrected chi connectivity index (χ3v) is 3.90. The number of benzene rings is 1. The van der Waals surface area contributed by atoms with E-state index in [9.17, 15) is 9.59 Å². The van der Waals surface area contributed by atoms with E-state index in [1.165, 1.54) is 18.1 Å². The summed E-state index contributed by atoms with van der Waals surface area (Å²) in [7, 11) is 0. The summed E-state index contributed by atoms with van der Waals surface area (Å²) in [5, 5.41) is 5.43. The lowest BCUT2D eigenvalue weighted by Crippen LogP contribution is -2.41. The first-order valence-corrected chi connectivity index (χ1v) is 8.23. The zero-order valence-corrected chi connectivity index (χ0v) is 14.3. The van der Waals surface area contributed by atoms with Crippen LogP contribution < -0.4 is 10.6 Å². The monoisotopic (exact) mass is 349 g/mol. The number of furan rings is 1. The highest BCUT2D eigenvalue weighted by Gasteiger charge is 2.17. The summed E-state index contributed by atoms with van der Waals surface area (Å²) in [6, 6.07) is 12.4. The molecule has 2 N–H and O–H groups in total. The van der Waals surface area contributed by atoms with Crippen molar-refractivity contribution in [3.8, 4) is 0 Å². The Morgan fingerprint density at radius 2 is 1.73 bits per heavy atom. The number of anilines is 1. The van der Waals surface area contributed by atoms with E-state index >= 15 is 0 Å². The Kier molecular flexibility index (Phi) is 5.43. The third kappa shape index (κ3) is 4.57. The molecule has 1 aromatic carbocycles. The Morgan fingerprint density at radius 3 is 2.38 bits per heavy atom. The van der Waals surface area contributed by atoms with Gasteiger partial charge in [-0.1, -0.05) is 12.1 Å². The number of carbonyl (C=O) groups is 2. The molecule has 0 aliphatic rings. The van der Waals surface area contributed by atoms with Gasteiger partial charge in [0, 0.05) is 18.1 Å². The van der Waals surface area contributed by atoms with Crippen LogP contribution in [0.5, 0.6) is 0 Å². The van der Waals surface area contributed by atoms with Crippen molar-refractivity contribution in [1.29, 1.82) is 0 Å². The molecule has 2 amide bonds. The predicted octanol–water partition coefficient (Wildman–Crippen LogP) is 3.02. The van der Waals surface area contributed by atoms with Gasteiger partial charge < -0.3 is 15.1 Å². The zero-order valence-electron chi connectivity index (χ0n) is 14.3. The van der Waals surface area contributed by atoms with Crippen molar-refractivity contribution in [2.24, 2.45) is 0 Å². The molecule has 3 aromatic rings. The van der Waals surface area contributed by atoms with Gasteiger partial charge in [0.2, 0.25) is 5.91 Å². The van der Waals surface area contributed by atoms with Crippen LogP contribution in [-0.2, 0) is 11.2 Å². The predicted molar refractivity (Wildman–Crippen MR) is 97.8 cm³/mol. The number of rotatable bonds is 6. The van der Waals surface area contributed by atoms with E-state index in [-0.39, 0.29) is 11.8 Å². The maximum Gasteiger partial charge on any atom is 0.255 e. The first-order chi connectivity index (χ1) is 12.6. The number of aromatic nitrogens is 1.